The Bertz CT molecular complexity index is 1230. The van der Waals surface area contributed by atoms with E-state index < -0.39 is 35.9 Å². The number of nitrogens with zero attached hydrogens (tertiary/aromatic N) is 4. The molecule has 0 spiro atoms. The minimum absolute atomic E-state index is 0.252. The van der Waals surface area contributed by atoms with Gasteiger partial charge in [-0.1, -0.05) is 12.1 Å². The van der Waals surface area contributed by atoms with Crippen LogP contribution in [0.5, 0.6) is 0 Å². The van der Waals surface area contributed by atoms with Crippen molar-refractivity contribution in [3.63, 3.8) is 0 Å². The number of aliphatic hydroxyl groups is 1. The van der Waals surface area contributed by atoms with Crippen LogP contribution in [0.2, 0.25) is 0 Å². The van der Waals surface area contributed by atoms with Gasteiger partial charge in [0.1, 0.15) is 17.2 Å². The van der Waals surface area contributed by atoms with Crippen LogP contribution in [-0.4, -0.2) is 42.4 Å². The molecule has 160 valence electrons. The number of aliphatic hydroxyl groups excluding tert-OH is 1. The number of imidazole rings is 1. The number of para-hydroxylation sites is 1. The van der Waals surface area contributed by atoms with Crippen LogP contribution < -0.4 is 0 Å². The zero-order valence-corrected chi connectivity index (χ0v) is 17.1. The Kier molecular flexibility index (Phi) is 4.78. The van der Waals surface area contributed by atoms with E-state index in [-0.39, 0.29) is 12.4 Å². The van der Waals surface area contributed by atoms with Gasteiger partial charge in [0, 0.05) is 18.7 Å². The number of H-pyrrole nitrogens is 1. The van der Waals surface area contributed by atoms with Gasteiger partial charge in [-0.2, -0.15) is 0 Å². The molecule has 0 unspecified atom stereocenters. The molecule has 2 atom stereocenters. The average molecular weight is 445 g/mol. The summed E-state index contributed by atoms with van der Waals surface area (Å²) in [4.78, 5) is 30.6. The van der Waals surface area contributed by atoms with Crippen LogP contribution >= 0.6 is 11.3 Å². The van der Waals surface area contributed by atoms with Crippen molar-refractivity contribution in [1.29, 1.82) is 0 Å². The highest BCUT2D eigenvalue weighted by atomic mass is 32.1. The van der Waals surface area contributed by atoms with Crippen molar-refractivity contribution in [1.82, 2.24) is 24.8 Å². The van der Waals surface area contributed by atoms with Gasteiger partial charge in [0.15, 0.2) is 5.69 Å². The van der Waals surface area contributed by atoms with Crippen LogP contribution in [-0.2, 0) is 6.42 Å². The number of halogens is 2. The average Bonchev–Trinajstić information content (AvgIpc) is 3.49. The molecule has 4 heterocycles. The number of aromatic amines is 1. The number of hydrogen-bond donors (Lipinski definition) is 2. The number of thiazole rings is 1. The van der Waals surface area contributed by atoms with Crippen LogP contribution in [0.1, 0.15) is 64.0 Å². The molecule has 3 aromatic heterocycles. The van der Waals surface area contributed by atoms with Gasteiger partial charge in [0.05, 0.1) is 22.2 Å². The maximum atomic E-state index is 13.6. The fraction of sp³-hybridized carbons (Fsp3) is 0.300. The summed E-state index contributed by atoms with van der Waals surface area (Å²) in [5.41, 5.74) is 1.48. The summed E-state index contributed by atoms with van der Waals surface area (Å²) < 4.78 is 33.4. The van der Waals surface area contributed by atoms with Crippen LogP contribution in [0.4, 0.5) is 8.78 Å². The van der Waals surface area contributed by atoms with Gasteiger partial charge < -0.3 is 19.4 Å². The van der Waals surface area contributed by atoms with E-state index in [2.05, 4.69) is 19.9 Å². The Morgan fingerprint density at radius 3 is 2.90 bits per heavy atom. The molecule has 11 heteroatoms. The maximum Gasteiger partial charge on any atom is 0.292 e. The molecule has 31 heavy (non-hydrogen) atoms. The number of hydrogen-bond acceptors (Lipinski definition) is 7. The number of benzene rings is 1. The quantitative estimate of drug-likeness (QED) is 0.495. The maximum absolute atomic E-state index is 13.6. The van der Waals surface area contributed by atoms with Crippen molar-refractivity contribution >= 4 is 27.5 Å². The summed E-state index contributed by atoms with van der Waals surface area (Å²) in [6, 6.07) is 6.91. The molecule has 1 amide bonds. The first-order chi connectivity index (χ1) is 14.9. The standard InChI is InChI=1S/C20H17F2N5O3S/c1-9(28)18-26-14(17(21)22)16(30-18)20(29)27-7-6-11-13(24-8-23-11)15(27)19-25-10-4-2-3-5-12(10)31-19/h2-5,8-9,15,17,28H,6-7H2,1H3,(H,23,24)/t9-,15+/m1/s1. The van der Waals surface area contributed by atoms with E-state index >= 15 is 0 Å². The molecule has 0 aliphatic carbocycles. The molecule has 0 radical (unpaired) electrons. The fourth-order valence-corrected chi connectivity index (χ4v) is 4.80. The second kappa shape index (κ2) is 7.50. The Morgan fingerprint density at radius 1 is 1.35 bits per heavy atom. The van der Waals surface area contributed by atoms with Crippen LogP contribution in [0.15, 0.2) is 35.0 Å². The first kappa shape index (κ1) is 19.8. The second-order valence-corrected chi connectivity index (χ2v) is 8.24. The Hall–Kier alpha value is -3.18. The number of aromatic nitrogens is 4. The second-order valence-electron chi connectivity index (χ2n) is 7.18. The van der Waals surface area contributed by atoms with Crippen molar-refractivity contribution in [2.45, 2.75) is 31.9 Å². The number of alkyl halides is 2. The summed E-state index contributed by atoms with van der Waals surface area (Å²) >= 11 is 1.41. The fourth-order valence-electron chi connectivity index (χ4n) is 3.71. The molecule has 1 aromatic carbocycles. The van der Waals surface area contributed by atoms with E-state index in [9.17, 15) is 18.7 Å². The normalized spacial score (nSPS) is 17.3. The van der Waals surface area contributed by atoms with E-state index in [0.717, 1.165) is 15.9 Å². The number of oxazole rings is 1. The Balaban J connectivity index is 1.61. The highest BCUT2D eigenvalue weighted by molar-refractivity contribution is 7.18. The van der Waals surface area contributed by atoms with Crippen molar-refractivity contribution in [2.75, 3.05) is 6.54 Å². The smallest absolute Gasteiger partial charge is 0.292 e. The monoisotopic (exact) mass is 445 g/mol. The lowest BCUT2D eigenvalue weighted by Crippen LogP contribution is -2.41. The topological polar surface area (TPSA) is 108 Å². The predicted octanol–water partition coefficient (Wildman–Crippen LogP) is 3.79. The highest BCUT2D eigenvalue weighted by Crippen LogP contribution is 2.39. The number of rotatable bonds is 4. The Morgan fingerprint density at radius 2 is 2.16 bits per heavy atom. The molecular formula is C20H17F2N5O3S. The number of carbonyl (C=O) groups excluding carboxylic acids is 1. The number of nitrogens with one attached hydrogen (secondary N) is 1. The molecule has 0 saturated heterocycles. The third-order valence-corrected chi connectivity index (χ3v) is 6.25. The zero-order chi connectivity index (χ0) is 21.7. The summed E-state index contributed by atoms with van der Waals surface area (Å²) in [5, 5.41) is 10.3. The van der Waals surface area contributed by atoms with E-state index in [1.807, 2.05) is 24.3 Å². The molecule has 0 bridgehead atoms. The van der Waals surface area contributed by atoms with Crippen LogP contribution in [0.3, 0.4) is 0 Å². The lowest BCUT2D eigenvalue weighted by Gasteiger charge is -2.33. The number of fused-ring (bicyclic) bond motifs is 2. The van der Waals surface area contributed by atoms with Gasteiger partial charge in [0.25, 0.3) is 12.3 Å². The Labute approximate surface area is 178 Å². The van der Waals surface area contributed by atoms with Crippen molar-refractivity contribution in [3.05, 3.63) is 64.3 Å². The van der Waals surface area contributed by atoms with Crippen molar-refractivity contribution in [2.24, 2.45) is 0 Å². The third-order valence-electron chi connectivity index (χ3n) is 5.16. The minimum atomic E-state index is -3.03. The zero-order valence-electron chi connectivity index (χ0n) is 16.2. The third kappa shape index (κ3) is 3.29. The summed E-state index contributed by atoms with van der Waals surface area (Å²) in [6.45, 7) is 1.58. The molecule has 5 rings (SSSR count). The van der Waals surface area contributed by atoms with Gasteiger partial charge in [-0.3, -0.25) is 4.79 Å². The first-order valence-corrected chi connectivity index (χ1v) is 10.4. The molecule has 4 aromatic rings. The lowest BCUT2D eigenvalue weighted by atomic mass is 10.0. The number of carbonyl (C=O) groups is 1. The number of amides is 1. The highest BCUT2D eigenvalue weighted by Gasteiger charge is 2.40. The van der Waals surface area contributed by atoms with E-state index in [1.54, 1.807) is 6.33 Å². The summed E-state index contributed by atoms with van der Waals surface area (Å²) in [6.07, 6.45) is -2.23. The van der Waals surface area contributed by atoms with Gasteiger partial charge in [-0.15, -0.1) is 11.3 Å². The summed E-state index contributed by atoms with van der Waals surface area (Å²) in [7, 11) is 0. The van der Waals surface area contributed by atoms with Gasteiger partial charge in [-0.25, -0.2) is 23.7 Å². The van der Waals surface area contributed by atoms with Gasteiger partial charge in [-0.05, 0) is 19.1 Å². The van der Waals surface area contributed by atoms with Crippen LogP contribution in [0, 0.1) is 0 Å². The minimum Gasteiger partial charge on any atom is -0.432 e. The lowest BCUT2D eigenvalue weighted by molar-refractivity contribution is 0.0635. The molecule has 8 nitrogen and oxygen atoms in total. The molecule has 1 aliphatic rings. The largest absolute Gasteiger partial charge is 0.432 e. The molecule has 2 N–H and O–H groups in total. The molecule has 0 saturated carbocycles. The predicted molar refractivity (Wildman–Crippen MR) is 107 cm³/mol. The summed E-state index contributed by atoms with van der Waals surface area (Å²) in [5.74, 6) is -1.64. The van der Waals surface area contributed by atoms with Crippen molar-refractivity contribution < 1.29 is 23.1 Å². The molecule has 0 fully saturated rings. The SMILES string of the molecule is C[C@@H](O)c1nc(C(F)F)c(C(=O)N2CCc3[nH]cnc3[C@H]2c2nc3ccccc3s2)o1. The first-order valence-electron chi connectivity index (χ1n) is 9.59. The molecular weight excluding hydrogens is 428 g/mol. The van der Waals surface area contributed by atoms with Crippen LogP contribution in [0.25, 0.3) is 10.2 Å². The molecule has 1 aliphatic heterocycles. The van der Waals surface area contributed by atoms with E-state index in [1.165, 1.54) is 23.2 Å². The van der Waals surface area contributed by atoms with E-state index in [4.69, 9.17) is 4.42 Å². The van der Waals surface area contributed by atoms with Gasteiger partial charge >= 0.3 is 0 Å². The van der Waals surface area contributed by atoms with Crippen molar-refractivity contribution in [3.8, 4) is 0 Å². The van der Waals surface area contributed by atoms with Gasteiger partial charge in [0.2, 0.25) is 11.7 Å². The van der Waals surface area contributed by atoms with E-state index in [0.29, 0.717) is 17.1 Å².